The van der Waals surface area contributed by atoms with Crippen LogP contribution in [0.2, 0.25) is 0 Å². The Balaban J connectivity index is 1.68. The Morgan fingerprint density at radius 3 is 2.24 bits per heavy atom. The van der Waals surface area contributed by atoms with Crippen molar-refractivity contribution >= 4 is 11.9 Å². The molecule has 2 aromatic carbocycles. The van der Waals surface area contributed by atoms with Crippen LogP contribution in [0.1, 0.15) is 54.1 Å². The fraction of sp³-hybridized carbons (Fsp3) is 0.292. The van der Waals surface area contributed by atoms with Crippen LogP contribution in [-0.4, -0.2) is 18.5 Å². The molecule has 0 unspecified atom stereocenters. The van der Waals surface area contributed by atoms with Gasteiger partial charge in [0.1, 0.15) is 5.75 Å². The summed E-state index contributed by atoms with van der Waals surface area (Å²) in [6, 6.07) is 15.8. The molecular formula is C24H25NO4. The molecule has 0 atom stereocenters. The minimum absolute atomic E-state index is 0.331. The van der Waals surface area contributed by atoms with Crippen LogP contribution in [0, 0.1) is 11.3 Å². The number of aryl methyl sites for hydroxylation is 1. The lowest BCUT2D eigenvalue weighted by molar-refractivity contribution is -0.139. The maximum absolute atomic E-state index is 12.2. The SMILES string of the molecule is C=C(C)C(=O)OCCCCCCc1ccc(C(=O)Oc2ccc(C#N)cc2)cc1. The lowest BCUT2D eigenvalue weighted by Crippen LogP contribution is -2.08. The number of carbonyl (C=O) groups excluding carboxylic acids is 2. The van der Waals surface area contributed by atoms with Gasteiger partial charge in [-0.3, -0.25) is 0 Å². The predicted molar refractivity (Wildman–Crippen MR) is 111 cm³/mol. The molecule has 0 spiro atoms. The Labute approximate surface area is 171 Å². The van der Waals surface area contributed by atoms with Crippen molar-refractivity contribution in [2.24, 2.45) is 0 Å². The Kier molecular flexibility index (Phi) is 8.65. The molecule has 0 amide bonds. The number of nitriles is 1. The van der Waals surface area contributed by atoms with Gasteiger partial charge in [-0.15, -0.1) is 0 Å². The van der Waals surface area contributed by atoms with Gasteiger partial charge in [0.2, 0.25) is 0 Å². The van der Waals surface area contributed by atoms with E-state index in [1.807, 2.05) is 18.2 Å². The topological polar surface area (TPSA) is 76.4 Å². The summed E-state index contributed by atoms with van der Waals surface area (Å²) in [6.45, 7) is 5.62. The first-order chi connectivity index (χ1) is 14.0. The van der Waals surface area contributed by atoms with Crippen LogP contribution < -0.4 is 4.74 Å². The first-order valence-corrected chi connectivity index (χ1v) is 9.63. The van der Waals surface area contributed by atoms with Crippen LogP contribution in [0.15, 0.2) is 60.7 Å². The molecule has 0 aromatic heterocycles. The predicted octanol–water partition coefficient (Wildman–Crippen LogP) is 5.00. The molecule has 150 valence electrons. The van der Waals surface area contributed by atoms with Crippen molar-refractivity contribution in [1.82, 2.24) is 0 Å². The van der Waals surface area contributed by atoms with Crippen LogP contribution >= 0.6 is 0 Å². The number of carbonyl (C=O) groups is 2. The van der Waals surface area contributed by atoms with Crippen LogP contribution in [0.3, 0.4) is 0 Å². The molecule has 0 aliphatic carbocycles. The Morgan fingerprint density at radius 1 is 0.966 bits per heavy atom. The second-order valence-corrected chi connectivity index (χ2v) is 6.80. The van der Waals surface area contributed by atoms with Gasteiger partial charge in [0.25, 0.3) is 0 Å². The molecule has 2 aromatic rings. The number of esters is 2. The molecular weight excluding hydrogens is 366 g/mol. The number of unbranched alkanes of at least 4 members (excludes halogenated alkanes) is 3. The molecule has 0 N–H and O–H groups in total. The van der Waals surface area contributed by atoms with E-state index in [4.69, 9.17) is 14.7 Å². The summed E-state index contributed by atoms with van der Waals surface area (Å²) in [5.74, 6) is -0.347. The lowest BCUT2D eigenvalue weighted by Gasteiger charge is -2.06. The summed E-state index contributed by atoms with van der Waals surface area (Å²) in [4.78, 5) is 23.5. The number of ether oxygens (including phenoxy) is 2. The highest BCUT2D eigenvalue weighted by Crippen LogP contribution is 2.15. The molecule has 5 nitrogen and oxygen atoms in total. The maximum atomic E-state index is 12.2. The Bertz CT molecular complexity index is 877. The first kappa shape index (κ1) is 21.9. The smallest absolute Gasteiger partial charge is 0.343 e. The third kappa shape index (κ3) is 7.63. The molecule has 0 saturated carbocycles. The molecule has 29 heavy (non-hydrogen) atoms. The molecule has 5 heteroatoms. The average molecular weight is 391 g/mol. The van der Waals surface area contributed by atoms with Gasteiger partial charge in [0.15, 0.2) is 0 Å². The number of hydrogen-bond acceptors (Lipinski definition) is 5. The van der Waals surface area contributed by atoms with E-state index in [9.17, 15) is 9.59 Å². The van der Waals surface area contributed by atoms with Crippen LogP contribution in [0.5, 0.6) is 5.75 Å². The molecule has 0 heterocycles. The third-order valence-corrected chi connectivity index (χ3v) is 4.33. The highest BCUT2D eigenvalue weighted by atomic mass is 16.5. The summed E-state index contributed by atoms with van der Waals surface area (Å²) in [6.07, 6.45) is 4.85. The summed E-state index contributed by atoms with van der Waals surface area (Å²) in [5.41, 5.74) is 2.59. The summed E-state index contributed by atoms with van der Waals surface area (Å²) >= 11 is 0. The fourth-order valence-corrected chi connectivity index (χ4v) is 2.64. The third-order valence-electron chi connectivity index (χ3n) is 4.33. The van der Waals surface area contributed by atoms with Crippen LogP contribution in [-0.2, 0) is 16.0 Å². The normalized spacial score (nSPS) is 10.1. The van der Waals surface area contributed by atoms with E-state index in [-0.39, 0.29) is 5.97 Å². The molecule has 0 fully saturated rings. The second-order valence-electron chi connectivity index (χ2n) is 6.80. The largest absolute Gasteiger partial charge is 0.462 e. The Morgan fingerprint density at radius 2 is 1.62 bits per heavy atom. The van der Waals surface area contributed by atoms with Gasteiger partial charge in [-0.1, -0.05) is 31.6 Å². The maximum Gasteiger partial charge on any atom is 0.343 e. The molecule has 0 bridgehead atoms. The highest BCUT2D eigenvalue weighted by molar-refractivity contribution is 5.91. The van der Waals surface area contributed by atoms with Gasteiger partial charge < -0.3 is 9.47 Å². The molecule has 2 rings (SSSR count). The van der Waals surface area contributed by atoms with E-state index in [1.165, 1.54) is 0 Å². The number of benzene rings is 2. The minimum Gasteiger partial charge on any atom is -0.462 e. The summed E-state index contributed by atoms with van der Waals surface area (Å²) in [5, 5.41) is 8.79. The number of hydrogen-bond donors (Lipinski definition) is 0. The van der Waals surface area contributed by atoms with E-state index in [0.717, 1.165) is 37.7 Å². The molecule has 0 aliphatic heterocycles. The standard InChI is InChI=1S/C24H25NO4/c1-18(2)23(26)28-16-6-4-3-5-7-19-8-12-21(13-9-19)24(27)29-22-14-10-20(17-25)11-15-22/h8-15H,1,3-7,16H2,2H3. The summed E-state index contributed by atoms with van der Waals surface area (Å²) in [7, 11) is 0. The zero-order valence-corrected chi connectivity index (χ0v) is 16.6. The minimum atomic E-state index is -0.425. The van der Waals surface area contributed by atoms with Gasteiger partial charge >= 0.3 is 11.9 Å². The van der Waals surface area contributed by atoms with Crippen LogP contribution in [0.4, 0.5) is 0 Å². The first-order valence-electron chi connectivity index (χ1n) is 9.63. The average Bonchev–Trinajstić information content (AvgIpc) is 2.73. The van der Waals surface area contributed by atoms with Crippen molar-refractivity contribution in [3.8, 4) is 11.8 Å². The van der Waals surface area contributed by atoms with Gasteiger partial charge in [-0.25, -0.2) is 9.59 Å². The van der Waals surface area contributed by atoms with Gasteiger partial charge in [-0.2, -0.15) is 5.26 Å². The van der Waals surface area contributed by atoms with E-state index in [0.29, 0.717) is 29.1 Å². The van der Waals surface area contributed by atoms with Gasteiger partial charge in [0, 0.05) is 5.57 Å². The van der Waals surface area contributed by atoms with E-state index in [2.05, 4.69) is 6.58 Å². The van der Waals surface area contributed by atoms with Crippen molar-refractivity contribution in [2.75, 3.05) is 6.61 Å². The van der Waals surface area contributed by atoms with Crippen molar-refractivity contribution < 1.29 is 19.1 Å². The van der Waals surface area contributed by atoms with Gasteiger partial charge in [0.05, 0.1) is 23.8 Å². The molecule has 0 saturated heterocycles. The zero-order valence-electron chi connectivity index (χ0n) is 16.6. The van der Waals surface area contributed by atoms with Gasteiger partial charge in [-0.05, 0) is 68.1 Å². The van der Waals surface area contributed by atoms with Crippen molar-refractivity contribution in [2.45, 2.75) is 39.0 Å². The van der Waals surface area contributed by atoms with Crippen molar-refractivity contribution in [1.29, 1.82) is 5.26 Å². The zero-order chi connectivity index (χ0) is 21.1. The molecule has 0 radical (unpaired) electrons. The second kappa shape index (κ2) is 11.5. The Hall–Kier alpha value is -3.39. The van der Waals surface area contributed by atoms with Crippen molar-refractivity contribution in [3.05, 3.63) is 77.4 Å². The van der Waals surface area contributed by atoms with E-state index >= 15 is 0 Å². The van der Waals surface area contributed by atoms with E-state index < -0.39 is 5.97 Å². The van der Waals surface area contributed by atoms with Crippen LogP contribution in [0.25, 0.3) is 0 Å². The van der Waals surface area contributed by atoms with Crippen molar-refractivity contribution in [3.63, 3.8) is 0 Å². The lowest BCUT2D eigenvalue weighted by atomic mass is 10.0. The monoisotopic (exact) mass is 391 g/mol. The number of nitrogens with zero attached hydrogens (tertiary/aromatic N) is 1. The highest BCUT2D eigenvalue weighted by Gasteiger charge is 2.08. The molecule has 0 aliphatic rings. The fourth-order valence-electron chi connectivity index (χ4n) is 2.64. The quantitative estimate of drug-likeness (QED) is 0.246. The van der Waals surface area contributed by atoms with E-state index in [1.54, 1.807) is 43.3 Å². The number of rotatable bonds is 10. The summed E-state index contributed by atoms with van der Waals surface area (Å²) < 4.78 is 10.4.